The van der Waals surface area contributed by atoms with Crippen LogP contribution in [-0.4, -0.2) is 43.4 Å². The van der Waals surface area contributed by atoms with Crippen LogP contribution in [-0.2, 0) is 5.41 Å². The van der Waals surface area contributed by atoms with Gasteiger partial charge in [-0.05, 0) is 49.4 Å². The fourth-order valence-corrected chi connectivity index (χ4v) is 5.64. The molecular formula is C25H34N2O. The van der Waals surface area contributed by atoms with Gasteiger partial charge in [-0.3, -0.25) is 4.79 Å². The zero-order valence-corrected chi connectivity index (χ0v) is 17.8. The molecular weight excluding hydrogens is 344 g/mol. The van der Waals surface area contributed by atoms with Crippen molar-refractivity contribution in [1.29, 1.82) is 0 Å². The molecule has 0 bridgehead atoms. The number of ketones is 1. The lowest BCUT2D eigenvalue weighted by Crippen LogP contribution is -2.32. The van der Waals surface area contributed by atoms with Crippen LogP contribution in [0.1, 0.15) is 68.8 Å². The van der Waals surface area contributed by atoms with Crippen LogP contribution < -0.4 is 4.90 Å². The molecule has 2 aromatic carbocycles. The Morgan fingerprint density at radius 1 is 0.929 bits per heavy atom. The number of rotatable bonds is 6. The maximum absolute atomic E-state index is 13.6. The van der Waals surface area contributed by atoms with Crippen molar-refractivity contribution in [2.45, 2.75) is 58.3 Å². The Bertz CT molecular complexity index is 866. The maximum atomic E-state index is 13.6. The Kier molecular flexibility index (Phi) is 5.46. The number of Topliss-reactive ketones (excluding diaryl/α,β-unsaturated/α-hetero) is 1. The van der Waals surface area contributed by atoms with Gasteiger partial charge in [0.15, 0.2) is 5.78 Å². The Morgan fingerprint density at radius 3 is 2.43 bits per heavy atom. The zero-order chi connectivity index (χ0) is 19.7. The minimum absolute atomic E-state index is 0.304. The van der Waals surface area contributed by atoms with Gasteiger partial charge in [0.1, 0.15) is 0 Å². The molecule has 0 aromatic heterocycles. The average molecular weight is 379 g/mol. The van der Waals surface area contributed by atoms with E-state index in [9.17, 15) is 4.79 Å². The second kappa shape index (κ2) is 7.87. The highest BCUT2D eigenvalue weighted by Gasteiger charge is 2.46. The highest BCUT2D eigenvalue weighted by Crippen LogP contribution is 2.49. The third-order valence-electron chi connectivity index (χ3n) is 6.94. The van der Waals surface area contributed by atoms with E-state index in [0.717, 1.165) is 57.4 Å². The number of carbonyl (C=O) groups excluding carboxylic acids is 1. The number of likely N-dealkylation sites (N-methyl/N-ethyl adjacent to an activating group) is 1. The van der Waals surface area contributed by atoms with E-state index in [1.54, 1.807) is 0 Å². The number of hydrogen-bond donors (Lipinski definition) is 0. The molecule has 0 atom stereocenters. The van der Waals surface area contributed by atoms with Crippen molar-refractivity contribution in [1.82, 2.24) is 4.90 Å². The van der Waals surface area contributed by atoms with Gasteiger partial charge in [0.2, 0.25) is 0 Å². The van der Waals surface area contributed by atoms with E-state index < -0.39 is 0 Å². The average Bonchev–Trinajstić information content (AvgIpc) is 2.87. The summed E-state index contributed by atoms with van der Waals surface area (Å²) in [6.07, 6.45) is 5.20. The minimum atomic E-state index is -0.304. The summed E-state index contributed by atoms with van der Waals surface area (Å²) in [4.78, 5) is 18.7. The lowest BCUT2D eigenvalue weighted by atomic mass is 9.73. The van der Waals surface area contributed by atoms with Crippen molar-refractivity contribution in [3.8, 4) is 0 Å². The molecule has 1 fully saturated rings. The van der Waals surface area contributed by atoms with Crippen molar-refractivity contribution in [2.24, 2.45) is 0 Å². The summed E-state index contributed by atoms with van der Waals surface area (Å²) in [5, 5.41) is 2.52. The standard InChI is InChI=1S/C25H34N2O/c1-4-13-25(14-5-2)21-11-12-22(27-16-8-15-26(6-3)17-18-27)19-9-7-10-20(23(19)21)24(25)28/h7,9-12H,4-6,8,13-18H2,1-3H3. The van der Waals surface area contributed by atoms with E-state index in [-0.39, 0.29) is 5.41 Å². The normalized spacial score (nSPS) is 19.4. The molecule has 150 valence electrons. The molecule has 3 nitrogen and oxygen atoms in total. The fourth-order valence-electron chi connectivity index (χ4n) is 5.64. The first kappa shape index (κ1) is 19.4. The predicted octanol–water partition coefficient (Wildman–Crippen LogP) is 5.41. The molecule has 1 aliphatic heterocycles. The smallest absolute Gasteiger partial charge is 0.174 e. The van der Waals surface area contributed by atoms with Gasteiger partial charge in [-0.1, -0.05) is 57.9 Å². The molecule has 28 heavy (non-hydrogen) atoms. The lowest BCUT2D eigenvalue weighted by Gasteiger charge is -2.30. The summed E-state index contributed by atoms with van der Waals surface area (Å²) >= 11 is 0. The summed E-state index contributed by atoms with van der Waals surface area (Å²) in [5.41, 5.74) is 3.26. The zero-order valence-electron chi connectivity index (χ0n) is 17.8. The second-order valence-corrected chi connectivity index (χ2v) is 8.55. The molecule has 3 heteroatoms. The molecule has 0 amide bonds. The first-order valence-corrected chi connectivity index (χ1v) is 11.2. The quantitative estimate of drug-likeness (QED) is 0.672. The SMILES string of the molecule is CCCC1(CCC)C(=O)c2cccc3c(N4CCCN(CC)CC4)ccc1c23. The van der Waals surface area contributed by atoms with Crippen LogP contribution in [0.25, 0.3) is 10.8 Å². The summed E-state index contributed by atoms with van der Waals surface area (Å²) in [6, 6.07) is 11.0. The van der Waals surface area contributed by atoms with Crippen LogP contribution >= 0.6 is 0 Å². The summed E-state index contributed by atoms with van der Waals surface area (Å²) < 4.78 is 0. The van der Waals surface area contributed by atoms with Crippen molar-refractivity contribution < 1.29 is 4.79 Å². The first-order valence-electron chi connectivity index (χ1n) is 11.2. The summed E-state index contributed by atoms with van der Waals surface area (Å²) in [5.74, 6) is 0.363. The van der Waals surface area contributed by atoms with Crippen molar-refractivity contribution in [3.63, 3.8) is 0 Å². The van der Waals surface area contributed by atoms with Crippen LogP contribution in [0.4, 0.5) is 5.69 Å². The Labute approximate surface area is 169 Å². The van der Waals surface area contributed by atoms with E-state index in [2.05, 4.69) is 60.9 Å². The van der Waals surface area contributed by atoms with Gasteiger partial charge in [-0.2, -0.15) is 0 Å². The summed E-state index contributed by atoms with van der Waals surface area (Å²) in [7, 11) is 0. The Hall–Kier alpha value is -1.87. The third kappa shape index (κ3) is 2.95. The molecule has 0 spiro atoms. The van der Waals surface area contributed by atoms with E-state index in [0.29, 0.717) is 5.78 Å². The maximum Gasteiger partial charge on any atom is 0.174 e. The van der Waals surface area contributed by atoms with Crippen molar-refractivity contribution >= 4 is 22.2 Å². The Balaban J connectivity index is 1.82. The molecule has 0 unspecified atom stereocenters. The fraction of sp³-hybridized carbons (Fsp3) is 0.560. The van der Waals surface area contributed by atoms with Crippen LogP contribution in [0, 0.1) is 0 Å². The molecule has 1 aliphatic carbocycles. The van der Waals surface area contributed by atoms with E-state index in [4.69, 9.17) is 0 Å². The van der Waals surface area contributed by atoms with Crippen LogP contribution in [0.15, 0.2) is 30.3 Å². The Morgan fingerprint density at radius 2 is 1.71 bits per heavy atom. The monoisotopic (exact) mass is 378 g/mol. The van der Waals surface area contributed by atoms with Gasteiger partial charge in [-0.25, -0.2) is 0 Å². The number of hydrogen-bond acceptors (Lipinski definition) is 3. The molecule has 0 radical (unpaired) electrons. The molecule has 0 saturated carbocycles. The van der Waals surface area contributed by atoms with Crippen LogP contribution in [0.2, 0.25) is 0 Å². The number of nitrogens with zero attached hydrogens (tertiary/aromatic N) is 2. The molecule has 0 N–H and O–H groups in total. The number of anilines is 1. The topological polar surface area (TPSA) is 23.6 Å². The van der Waals surface area contributed by atoms with Gasteiger partial charge in [0.05, 0.1) is 5.41 Å². The second-order valence-electron chi connectivity index (χ2n) is 8.55. The van der Waals surface area contributed by atoms with Crippen molar-refractivity contribution in [2.75, 3.05) is 37.6 Å². The molecule has 1 heterocycles. The van der Waals surface area contributed by atoms with Gasteiger partial charge in [-0.15, -0.1) is 0 Å². The van der Waals surface area contributed by atoms with E-state index >= 15 is 0 Å². The minimum Gasteiger partial charge on any atom is -0.370 e. The third-order valence-corrected chi connectivity index (χ3v) is 6.94. The lowest BCUT2D eigenvalue weighted by molar-refractivity contribution is 0.0874. The first-order chi connectivity index (χ1) is 13.7. The van der Waals surface area contributed by atoms with E-state index in [1.807, 2.05) is 0 Å². The number of benzene rings is 2. The predicted molar refractivity (Wildman–Crippen MR) is 119 cm³/mol. The molecule has 1 saturated heterocycles. The van der Waals surface area contributed by atoms with Gasteiger partial charge < -0.3 is 9.80 Å². The number of carbonyl (C=O) groups is 1. The van der Waals surface area contributed by atoms with Gasteiger partial charge in [0, 0.05) is 36.3 Å². The largest absolute Gasteiger partial charge is 0.370 e. The molecule has 2 aliphatic rings. The highest BCUT2D eigenvalue weighted by atomic mass is 16.1. The highest BCUT2D eigenvalue weighted by molar-refractivity contribution is 6.22. The molecule has 4 rings (SSSR count). The van der Waals surface area contributed by atoms with E-state index in [1.165, 1.54) is 35.0 Å². The summed E-state index contributed by atoms with van der Waals surface area (Å²) in [6.45, 7) is 12.3. The van der Waals surface area contributed by atoms with Crippen LogP contribution in [0.5, 0.6) is 0 Å². The van der Waals surface area contributed by atoms with Gasteiger partial charge >= 0.3 is 0 Å². The molecule has 2 aromatic rings. The van der Waals surface area contributed by atoms with Gasteiger partial charge in [0.25, 0.3) is 0 Å². The van der Waals surface area contributed by atoms with Crippen molar-refractivity contribution in [3.05, 3.63) is 41.5 Å². The van der Waals surface area contributed by atoms with Crippen LogP contribution in [0.3, 0.4) is 0 Å².